The van der Waals surface area contributed by atoms with Gasteiger partial charge in [0.25, 0.3) is 0 Å². The van der Waals surface area contributed by atoms with Crippen LogP contribution in [0.1, 0.15) is 24.7 Å². The van der Waals surface area contributed by atoms with Crippen LogP contribution in [0.5, 0.6) is 0 Å². The molecule has 102 valence electrons. The molecule has 1 saturated carbocycles. The lowest BCUT2D eigenvalue weighted by Crippen LogP contribution is -2.31. The second-order valence-corrected chi connectivity index (χ2v) is 5.21. The Morgan fingerprint density at radius 2 is 2.25 bits per heavy atom. The molecule has 0 unspecified atom stereocenters. The fraction of sp³-hybridized carbons (Fsp3) is 0.385. The molecule has 0 bridgehead atoms. The molecule has 7 heteroatoms. The van der Waals surface area contributed by atoms with Gasteiger partial charge in [-0.05, 0) is 25.8 Å². The quantitative estimate of drug-likeness (QED) is 0.730. The lowest BCUT2D eigenvalue weighted by atomic mass is 9.90. The van der Waals surface area contributed by atoms with Crippen molar-refractivity contribution in [2.45, 2.75) is 31.9 Å². The summed E-state index contributed by atoms with van der Waals surface area (Å²) < 4.78 is 1.91. The number of nitrogens with one attached hydrogen (secondary N) is 1. The highest BCUT2D eigenvalue weighted by atomic mass is 16.3. The number of aromatic amines is 1. The molecule has 0 aromatic carbocycles. The van der Waals surface area contributed by atoms with Crippen LogP contribution in [0.4, 0.5) is 0 Å². The van der Waals surface area contributed by atoms with Gasteiger partial charge in [-0.2, -0.15) is 10.2 Å². The first kappa shape index (κ1) is 11.5. The van der Waals surface area contributed by atoms with Gasteiger partial charge >= 0.3 is 0 Å². The van der Waals surface area contributed by atoms with Gasteiger partial charge in [-0.1, -0.05) is 0 Å². The van der Waals surface area contributed by atoms with Crippen molar-refractivity contribution in [1.82, 2.24) is 29.9 Å². The van der Waals surface area contributed by atoms with Gasteiger partial charge in [0.05, 0.1) is 23.2 Å². The van der Waals surface area contributed by atoms with Gasteiger partial charge in [0.2, 0.25) is 0 Å². The van der Waals surface area contributed by atoms with Crippen molar-refractivity contribution in [2.75, 3.05) is 0 Å². The summed E-state index contributed by atoms with van der Waals surface area (Å²) >= 11 is 0. The summed E-state index contributed by atoms with van der Waals surface area (Å²) in [5.74, 6) is 0.699. The first-order valence-electron chi connectivity index (χ1n) is 6.62. The minimum Gasteiger partial charge on any atom is -0.393 e. The average molecular weight is 270 g/mol. The summed E-state index contributed by atoms with van der Waals surface area (Å²) in [6.07, 6.45) is 5.06. The monoisotopic (exact) mass is 270 g/mol. The summed E-state index contributed by atoms with van der Waals surface area (Å²) in [6, 6.07) is 2.24. The fourth-order valence-corrected chi connectivity index (χ4v) is 2.53. The Morgan fingerprint density at radius 3 is 3.05 bits per heavy atom. The molecule has 0 radical (unpaired) electrons. The molecule has 7 nitrogen and oxygen atoms in total. The van der Waals surface area contributed by atoms with Crippen molar-refractivity contribution in [3.63, 3.8) is 0 Å². The van der Waals surface area contributed by atoms with E-state index >= 15 is 0 Å². The lowest BCUT2D eigenvalue weighted by molar-refractivity contribution is 0.0435. The lowest BCUT2D eigenvalue weighted by Gasteiger charge is -2.31. The molecule has 3 aromatic heterocycles. The molecule has 20 heavy (non-hydrogen) atoms. The molecule has 1 aliphatic rings. The van der Waals surface area contributed by atoms with E-state index in [1.54, 1.807) is 6.20 Å². The highest BCUT2D eigenvalue weighted by molar-refractivity contribution is 5.88. The van der Waals surface area contributed by atoms with Crippen molar-refractivity contribution < 1.29 is 5.11 Å². The number of H-pyrrole nitrogens is 1. The zero-order chi connectivity index (χ0) is 13.7. The van der Waals surface area contributed by atoms with Crippen LogP contribution in [0.25, 0.3) is 22.4 Å². The van der Waals surface area contributed by atoms with E-state index in [1.165, 1.54) is 0 Å². The smallest absolute Gasteiger partial charge is 0.184 e. The number of fused-ring (bicyclic) bond motifs is 1. The molecule has 0 aliphatic heterocycles. The summed E-state index contributed by atoms with van der Waals surface area (Å²) in [6.45, 7) is 1.84. The SMILES string of the molecule is Cc1ncc2c(-c3ccn(C4CC(O)C4)n3)[nH]nc2n1. The van der Waals surface area contributed by atoms with E-state index in [2.05, 4.69) is 25.3 Å². The van der Waals surface area contributed by atoms with Gasteiger partial charge in [-0.15, -0.1) is 0 Å². The topological polar surface area (TPSA) is 92.5 Å². The van der Waals surface area contributed by atoms with Gasteiger partial charge in [0.1, 0.15) is 11.5 Å². The molecule has 2 N–H and O–H groups in total. The molecule has 1 aliphatic carbocycles. The summed E-state index contributed by atoms with van der Waals surface area (Å²) in [4.78, 5) is 8.49. The Balaban J connectivity index is 1.72. The molecule has 0 atom stereocenters. The minimum atomic E-state index is -0.183. The third-order valence-electron chi connectivity index (χ3n) is 3.76. The Hall–Kier alpha value is -2.28. The number of aromatic nitrogens is 6. The number of aliphatic hydroxyl groups is 1. The predicted octanol–water partition coefficient (Wildman–Crippen LogP) is 1.22. The standard InChI is InChI=1S/C13H14N6O/c1-7-14-6-10-12(16-17-13(10)15-7)11-2-3-19(18-11)8-4-9(20)5-8/h2-3,6,8-9,20H,4-5H2,1H3,(H,14,15,16,17). The highest BCUT2D eigenvalue weighted by Crippen LogP contribution is 2.32. The number of aliphatic hydroxyl groups excluding tert-OH is 1. The summed E-state index contributed by atoms with van der Waals surface area (Å²) in [5, 5.41) is 22.0. The van der Waals surface area contributed by atoms with Gasteiger partial charge in [-0.3, -0.25) is 9.78 Å². The van der Waals surface area contributed by atoms with Gasteiger partial charge in [0.15, 0.2) is 5.65 Å². The summed E-state index contributed by atoms with van der Waals surface area (Å²) in [7, 11) is 0. The van der Waals surface area contributed by atoms with Crippen LogP contribution in [-0.4, -0.2) is 41.2 Å². The Bertz CT molecular complexity index is 770. The Labute approximate surface area is 114 Å². The number of aryl methyl sites for hydroxylation is 1. The van der Waals surface area contributed by atoms with Crippen LogP contribution in [0.2, 0.25) is 0 Å². The first-order chi connectivity index (χ1) is 9.70. The number of hydrogen-bond acceptors (Lipinski definition) is 5. The largest absolute Gasteiger partial charge is 0.393 e. The Morgan fingerprint density at radius 1 is 1.40 bits per heavy atom. The van der Waals surface area contributed by atoms with E-state index in [0.29, 0.717) is 17.5 Å². The van der Waals surface area contributed by atoms with Crippen LogP contribution in [0.15, 0.2) is 18.5 Å². The Kier molecular flexibility index (Phi) is 2.37. The van der Waals surface area contributed by atoms with Crippen molar-refractivity contribution >= 4 is 11.0 Å². The van der Waals surface area contributed by atoms with E-state index < -0.39 is 0 Å². The normalized spacial score (nSPS) is 22.1. The molecule has 1 fully saturated rings. The van der Waals surface area contributed by atoms with Crippen LogP contribution >= 0.6 is 0 Å². The van der Waals surface area contributed by atoms with Crippen LogP contribution < -0.4 is 0 Å². The minimum absolute atomic E-state index is 0.183. The fourth-order valence-electron chi connectivity index (χ4n) is 2.53. The van der Waals surface area contributed by atoms with Crippen molar-refractivity contribution in [2.24, 2.45) is 0 Å². The molecule has 3 aromatic rings. The number of rotatable bonds is 2. The third-order valence-corrected chi connectivity index (χ3v) is 3.76. The third kappa shape index (κ3) is 1.70. The predicted molar refractivity (Wildman–Crippen MR) is 71.9 cm³/mol. The van der Waals surface area contributed by atoms with E-state index in [0.717, 1.165) is 29.6 Å². The maximum Gasteiger partial charge on any atom is 0.184 e. The molecule has 0 amide bonds. The summed E-state index contributed by atoms with van der Waals surface area (Å²) in [5.41, 5.74) is 2.31. The molecule has 3 heterocycles. The number of hydrogen-bond donors (Lipinski definition) is 2. The first-order valence-corrected chi connectivity index (χ1v) is 6.62. The second-order valence-electron chi connectivity index (χ2n) is 5.21. The van der Waals surface area contributed by atoms with E-state index in [9.17, 15) is 5.11 Å². The maximum absolute atomic E-state index is 9.36. The van der Waals surface area contributed by atoms with Crippen molar-refractivity contribution in [1.29, 1.82) is 0 Å². The average Bonchev–Trinajstić information content (AvgIpc) is 3.00. The second kappa shape index (κ2) is 4.11. The van der Waals surface area contributed by atoms with Crippen LogP contribution in [-0.2, 0) is 0 Å². The maximum atomic E-state index is 9.36. The van der Waals surface area contributed by atoms with Crippen molar-refractivity contribution in [3.05, 3.63) is 24.3 Å². The molecule has 0 saturated heterocycles. The molecule has 0 spiro atoms. The zero-order valence-electron chi connectivity index (χ0n) is 11.0. The van der Waals surface area contributed by atoms with E-state index in [1.807, 2.05) is 23.9 Å². The van der Waals surface area contributed by atoms with Gasteiger partial charge < -0.3 is 5.11 Å². The molecular weight excluding hydrogens is 256 g/mol. The van der Waals surface area contributed by atoms with E-state index in [4.69, 9.17) is 0 Å². The highest BCUT2D eigenvalue weighted by Gasteiger charge is 2.29. The van der Waals surface area contributed by atoms with Crippen molar-refractivity contribution in [3.8, 4) is 11.4 Å². The number of nitrogens with zero attached hydrogens (tertiary/aromatic N) is 5. The zero-order valence-corrected chi connectivity index (χ0v) is 11.0. The van der Waals surface area contributed by atoms with Crippen LogP contribution in [0, 0.1) is 6.92 Å². The van der Waals surface area contributed by atoms with Gasteiger partial charge in [0, 0.05) is 12.4 Å². The van der Waals surface area contributed by atoms with E-state index in [-0.39, 0.29) is 6.10 Å². The molecule has 4 rings (SSSR count). The van der Waals surface area contributed by atoms with Gasteiger partial charge in [-0.25, -0.2) is 9.97 Å². The molecular formula is C13H14N6O. The van der Waals surface area contributed by atoms with Crippen LogP contribution in [0.3, 0.4) is 0 Å².